The van der Waals surface area contributed by atoms with E-state index in [0.717, 1.165) is 34.8 Å². The van der Waals surface area contributed by atoms with Crippen molar-refractivity contribution < 1.29 is 0 Å². The smallest absolute Gasteiger partial charge is 0.174 e. The largest absolute Gasteiger partial charge is 0.370 e. The van der Waals surface area contributed by atoms with Crippen LogP contribution in [0.4, 0.5) is 5.82 Å². The molecule has 0 saturated heterocycles. The van der Waals surface area contributed by atoms with Crippen LogP contribution < -0.4 is 5.32 Å². The summed E-state index contributed by atoms with van der Waals surface area (Å²) in [7, 11) is 1.98. The van der Waals surface area contributed by atoms with Crippen molar-refractivity contribution >= 4 is 17.6 Å². The average Bonchev–Trinajstić information content (AvgIpc) is 2.81. The van der Waals surface area contributed by atoms with Crippen LogP contribution in [0.5, 0.6) is 0 Å². The van der Waals surface area contributed by atoms with Crippen LogP contribution in [0, 0.1) is 0 Å². The molecule has 0 radical (unpaired) electrons. The number of hydrogen-bond acceptors (Lipinski definition) is 5. The molecule has 0 aromatic carbocycles. The van der Waals surface area contributed by atoms with Gasteiger partial charge in [-0.05, 0) is 18.2 Å². The lowest BCUT2D eigenvalue weighted by molar-refractivity contribution is 0.749. The predicted molar refractivity (Wildman–Crippen MR) is 82.2 cm³/mol. The van der Waals surface area contributed by atoms with Crippen LogP contribution >= 0.6 is 11.8 Å². The van der Waals surface area contributed by atoms with Crippen LogP contribution in [-0.2, 0) is 7.05 Å². The lowest BCUT2D eigenvalue weighted by Gasteiger charge is -2.11. The Labute approximate surface area is 124 Å². The van der Waals surface area contributed by atoms with Gasteiger partial charge in [-0.15, -0.1) is 0 Å². The van der Waals surface area contributed by atoms with Gasteiger partial charge in [-0.1, -0.05) is 20.8 Å². The molecule has 0 aliphatic rings. The van der Waals surface area contributed by atoms with Crippen molar-refractivity contribution in [2.75, 3.05) is 11.9 Å². The number of aromatic nitrogens is 4. The summed E-state index contributed by atoms with van der Waals surface area (Å²) in [5.41, 5.74) is 0. The Hall–Kier alpha value is -1.56. The maximum atomic E-state index is 4.62. The van der Waals surface area contributed by atoms with E-state index in [1.54, 1.807) is 18.0 Å². The van der Waals surface area contributed by atoms with Gasteiger partial charge in [-0.3, -0.25) is 0 Å². The van der Waals surface area contributed by atoms with E-state index in [1.165, 1.54) is 0 Å². The lowest BCUT2D eigenvalue weighted by Crippen LogP contribution is -2.07. The van der Waals surface area contributed by atoms with Crippen molar-refractivity contribution in [1.82, 2.24) is 19.5 Å². The molecule has 6 heteroatoms. The fourth-order valence-corrected chi connectivity index (χ4v) is 2.46. The molecule has 5 nitrogen and oxygen atoms in total. The Morgan fingerprint density at radius 1 is 1.35 bits per heavy atom. The Morgan fingerprint density at radius 3 is 2.75 bits per heavy atom. The van der Waals surface area contributed by atoms with Crippen LogP contribution in [0.25, 0.3) is 0 Å². The summed E-state index contributed by atoms with van der Waals surface area (Å²) in [5, 5.41) is 5.19. The lowest BCUT2D eigenvalue weighted by atomic mass is 10.2. The molecule has 2 aromatic heterocycles. The Morgan fingerprint density at radius 2 is 2.15 bits per heavy atom. The summed E-state index contributed by atoms with van der Waals surface area (Å²) in [6, 6.07) is 1.99. The van der Waals surface area contributed by atoms with E-state index in [9.17, 15) is 0 Å². The minimum atomic E-state index is 0.305. The summed E-state index contributed by atoms with van der Waals surface area (Å²) < 4.78 is 1.99. The molecule has 0 saturated carbocycles. The normalized spacial score (nSPS) is 11.1. The molecule has 1 N–H and O–H groups in total. The molecular weight excluding hydrogens is 270 g/mol. The standard InChI is InChI=1S/C14H21N5S/c1-5-6-15-11-9-12(18-13(17-11)10(2)3)20-14-16-7-8-19(14)4/h7-10H,5-6H2,1-4H3,(H,15,17,18). The van der Waals surface area contributed by atoms with Crippen molar-refractivity contribution in [2.45, 2.75) is 43.3 Å². The van der Waals surface area contributed by atoms with Gasteiger partial charge in [-0.25, -0.2) is 15.0 Å². The molecule has 2 heterocycles. The van der Waals surface area contributed by atoms with Gasteiger partial charge in [0.1, 0.15) is 16.7 Å². The SMILES string of the molecule is CCCNc1cc(Sc2nccn2C)nc(C(C)C)n1. The molecule has 20 heavy (non-hydrogen) atoms. The average molecular weight is 291 g/mol. The minimum absolute atomic E-state index is 0.305. The van der Waals surface area contributed by atoms with Crippen LogP contribution in [-0.4, -0.2) is 26.1 Å². The van der Waals surface area contributed by atoms with Crippen molar-refractivity contribution in [3.8, 4) is 0 Å². The monoisotopic (exact) mass is 291 g/mol. The van der Waals surface area contributed by atoms with Gasteiger partial charge in [0, 0.05) is 38.0 Å². The van der Waals surface area contributed by atoms with Crippen LogP contribution in [0.1, 0.15) is 38.9 Å². The van der Waals surface area contributed by atoms with Crippen LogP contribution in [0.15, 0.2) is 28.6 Å². The van der Waals surface area contributed by atoms with Crippen LogP contribution in [0.2, 0.25) is 0 Å². The number of nitrogens with one attached hydrogen (secondary N) is 1. The van der Waals surface area contributed by atoms with E-state index in [4.69, 9.17) is 0 Å². The van der Waals surface area contributed by atoms with Gasteiger partial charge >= 0.3 is 0 Å². The highest BCUT2D eigenvalue weighted by Crippen LogP contribution is 2.27. The summed E-state index contributed by atoms with van der Waals surface area (Å²) in [6.07, 6.45) is 4.80. The second-order valence-corrected chi connectivity index (χ2v) is 5.94. The zero-order valence-electron chi connectivity index (χ0n) is 12.4. The summed E-state index contributed by atoms with van der Waals surface area (Å²) in [5.74, 6) is 2.06. The maximum absolute atomic E-state index is 4.62. The van der Waals surface area contributed by atoms with Crippen molar-refractivity contribution in [2.24, 2.45) is 7.05 Å². The first-order valence-electron chi connectivity index (χ1n) is 6.88. The first kappa shape index (κ1) is 14.8. The first-order chi connectivity index (χ1) is 9.60. The summed E-state index contributed by atoms with van der Waals surface area (Å²) in [4.78, 5) is 13.5. The second kappa shape index (κ2) is 6.74. The quantitative estimate of drug-likeness (QED) is 0.828. The molecule has 0 aliphatic heterocycles. The maximum Gasteiger partial charge on any atom is 0.174 e. The number of anilines is 1. The third-order valence-electron chi connectivity index (χ3n) is 2.77. The predicted octanol–water partition coefficient (Wildman–Crippen LogP) is 3.31. The molecule has 2 aromatic rings. The molecule has 0 spiro atoms. The number of rotatable bonds is 6. The topological polar surface area (TPSA) is 55.6 Å². The Balaban J connectivity index is 2.26. The van der Waals surface area contributed by atoms with Gasteiger partial charge in [0.2, 0.25) is 0 Å². The van der Waals surface area contributed by atoms with Gasteiger partial charge in [0.15, 0.2) is 5.16 Å². The Kier molecular flexibility index (Phi) is 5.00. The Bertz CT molecular complexity index is 564. The molecule has 0 atom stereocenters. The van der Waals surface area contributed by atoms with Crippen molar-refractivity contribution in [3.63, 3.8) is 0 Å². The highest BCUT2D eigenvalue weighted by Gasteiger charge is 2.10. The number of hydrogen-bond donors (Lipinski definition) is 1. The molecule has 0 bridgehead atoms. The second-order valence-electron chi connectivity index (χ2n) is 4.95. The number of aryl methyl sites for hydroxylation is 1. The molecule has 0 amide bonds. The fourth-order valence-electron chi connectivity index (χ4n) is 1.64. The molecule has 0 unspecified atom stereocenters. The molecule has 0 aliphatic carbocycles. The number of nitrogens with zero attached hydrogens (tertiary/aromatic N) is 4. The third kappa shape index (κ3) is 3.72. The van der Waals surface area contributed by atoms with Crippen molar-refractivity contribution in [1.29, 1.82) is 0 Å². The van der Waals surface area contributed by atoms with E-state index >= 15 is 0 Å². The molecular formula is C14H21N5S. The van der Waals surface area contributed by atoms with E-state index in [0.29, 0.717) is 5.92 Å². The van der Waals surface area contributed by atoms with E-state index in [2.05, 4.69) is 41.0 Å². The minimum Gasteiger partial charge on any atom is -0.370 e. The molecule has 0 fully saturated rings. The van der Waals surface area contributed by atoms with Gasteiger partial charge in [-0.2, -0.15) is 0 Å². The van der Waals surface area contributed by atoms with Crippen LogP contribution in [0.3, 0.4) is 0 Å². The fraction of sp³-hybridized carbons (Fsp3) is 0.500. The third-order valence-corrected chi connectivity index (χ3v) is 3.76. The highest BCUT2D eigenvalue weighted by atomic mass is 32.2. The van der Waals surface area contributed by atoms with Crippen molar-refractivity contribution in [3.05, 3.63) is 24.3 Å². The molecule has 2 rings (SSSR count). The number of imidazole rings is 1. The van der Waals surface area contributed by atoms with Gasteiger partial charge < -0.3 is 9.88 Å². The van der Waals surface area contributed by atoms with E-state index < -0.39 is 0 Å². The first-order valence-corrected chi connectivity index (χ1v) is 7.69. The zero-order valence-corrected chi connectivity index (χ0v) is 13.2. The van der Waals surface area contributed by atoms with E-state index in [-0.39, 0.29) is 0 Å². The van der Waals surface area contributed by atoms with E-state index in [1.807, 2.05) is 23.9 Å². The van der Waals surface area contributed by atoms with Gasteiger partial charge in [0.25, 0.3) is 0 Å². The summed E-state index contributed by atoms with van der Waals surface area (Å²) >= 11 is 1.56. The summed E-state index contributed by atoms with van der Waals surface area (Å²) in [6.45, 7) is 7.27. The highest BCUT2D eigenvalue weighted by molar-refractivity contribution is 7.99. The van der Waals surface area contributed by atoms with Gasteiger partial charge in [0.05, 0.1) is 0 Å². The molecule has 108 valence electrons. The zero-order chi connectivity index (χ0) is 14.5.